The molecule has 11 heteroatoms. The summed E-state index contributed by atoms with van der Waals surface area (Å²) in [7, 11) is 0. The molecule has 1 aromatic carbocycles. The van der Waals surface area contributed by atoms with E-state index in [2.05, 4.69) is 16.7 Å². The van der Waals surface area contributed by atoms with Crippen molar-refractivity contribution in [2.75, 3.05) is 57.4 Å². The Kier molecular flexibility index (Phi) is 8.22. The number of halogens is 1. The van der Waals surface area contributed by atoms with Crippen molar-refractivity contribution >= 4 is 17.7 Å². The van der Waals surface area contributed by atoms with Crippen LogP contribution in [-0.4, -0.2) is 107 Å². The summed E-state index contributed by atoms with van der Waals surface area (Å²) in [6.45, 7) is 12.3. The third kappa shape index (κ3) is 6.17. The topological polar surface area (TPSA) is 98.6 Å². The largest absolute Gasteiger partial charge is 0.465 e. The average Bonchev–Trinajstić information content (AvgIpc) is 3.17. The zero-order valence-electron chi connectivity index (χ0n) is 24.3. The van der Waals surface area contributed by atoms with E-state index in [4.69, 9.17) is 4.74 Å². The highest BCUT2D eigenvalue weighted by Crippen LogP contribution is 2.39. The van der Waals surface area contributed by atoms with Gasteiger partial charge in [0, 0.05) is 68.5 Å². The van der Waals surface area contributed by atoms with Gasteiger partial charge >= 0.3 is 6.09 Å². The van der Waals surface area contributed by atoms with E-state index in [1.807, 2.05) is 20.8 Å². The number of amides is 2. The number of benzene rings is 1. The van der Waals surface area contributed by atoms with Gasteiger partial charge in [0.05, 0.1) is 32.0 Å². The van der Waals surface area contributed by atoms with E-state index in [0.717, 1.165) is 17.7 Å². The number of piperazine rings is 1. The Morgan fingerprint density at radius 2 is 1.83 bits per heavy atom. The number of pyridine rings is 1. The first-order valence-electron chi connectivity index (χ1n) is 14.3. The highest BCUT2D eigenvalue weighted by atomic mass is 19.1. The van der Waals surface area contributed by atoms with Crippen LogP contribution in [-0.2, 0) is 21.5 Å². The Morgan fingerprint density at radius 3 is 2.51 bits per heavy atom. The van der Waals surface area contributed by atoms with Crippen molar-refractivity contribution in [1.29, 1.82) is 0 Å². The molecule has 0 radical (unpaired) electrons. The van der Waals surface area contributed by atoms with Gasteiger partial charge in [0.1, 0.15) is 5.82 Å². The number of aromatic nitrogens is 1. The fraction of sp³-hybridized carbons (Fsp3) is 0.567. The van der Waals surface area contributed by atoms with E-state index in [1.165, 1.54) is 17.0 Å². The quantitative estimate of drug-likeness (QED) is 0.571. The number of hydrogen-bond acceptors (Lipinski definition) is 6. The lowest BCUT2D eigenvalue weighted by atomic mass is 9.87. The van der Waals surface area contributed by atoms with Gasteiger partial charge in [0.15, 0.2) is 0 Å². The molecule has 2 aromatic rings. The minimum absolute atomic E-state index is 0.0835. The normalized spacial score (nSPS) is 24.9. The Labute approximate surface area is 239 Å². The minimum atomic E-state index is -0.946. The van der Waals surface area contributed by atoms with Gasteiger partial charge in [-0.15, -0.1) is 0 Å². The molecule has 0 unspecified atom stereocenters. The van der Waals surface area contributed by atoms with Crippen molar-refractivity contribution in [2.45, 2.75) is 57.8 Å². The van der Waals surface area contributed by atoms with Gasteiger partial charge in [-0.1, -0.05) is 26.0 Å². The number of fused-ring (bicyclic) bond motifs is 1. The van der Waals surface area contributed by atoms with E-state index in [1.54, 1.807) is 33.9 Å². The molecular formula is C30H40FN5O5. The maximum Gasteiger partial charge on any atom is 0.407 e. The van der Waals surface area contributed by atoms with Crippen LogP contribution in [0.15, 0.2) is 41.3 Å². The van der Waals surface area contributed by atoms with Crippen LogP contribution in [0.4, 0.5) is 14.9 Å². The monoisotopic (exact) mass is 569 g/mol. The smallest absolute Gasteiger partial charge is 0.407 e. The van der Waals surface area contributed by atoms with Gasteiger partial charge in [0.25, 0.3) is 5.56 Å². The van der Waals surface area contributed by atoms with E-state index in [-0.39, 0.29) is 48.5 Å². The summed E-state index contributed by atoms with van der Waals surface area (Å²) in [5, 5.41) is 9.81. The molecule has 3 atom stereocenters. The summed E-state index contributed by atoms with van der Waals surface area (Å²) in [5.74, 6) is -0.423. The van der Waals surface area contributed by atoms with Gasteiger partial charge < -0.3 is 24.2 Å². The molecule has 1 N–H and O–H groups in total. The van der Waals surface area contributed by atoms with Gasteiger partial charge in [-0.05, 0) is 37.1 Å². The van der Waals surface area contributed by atoms with Crippen molar-refractivity contribution in [3.8, 4) is 0 Å². The summed E-state index contributed by atoms with van der Waals surface area (Å²) in [4.78, 5) is 46.6. The number of nitrogens with zero attached hydrogens (tertiary/aromatic N) is 5. The SMILES string of the molecule is C[C@@H]1COCCN1C[C@H]1CN(C(=O)O)[C@H](C)CN1CC(=O)N1CC(C)(C)c2cc(=O)n(Cc3ccc(F)cc3)cc21. The maximum absolute atomic E-state index is 14.0. The van der Waals surface area contributed by atoms with E-state index < -0.39 is 11.5 Å². The zero-order chi connectivity index (χ0) is 29.5. The van der Waals surface area contributed by atoms with Crippen molar-refractivity contribution in [3.05, 3.63) is 63.8 Å². The Bertz CT molecular complexity index is 1350. The fourth-order valence-corrected chi connectivity index (χ4v) is 6.32. The number of carbonyl (C=O) groups excluding carboxylic acids is 1. The first kappa shape index (κ1) is 29.2. The van der Waals surface area contributed by atoms with Crippen molar-refractivity contribution in [1.82, 2.24) is 19.3 Å². The summed E-state index contributed by atoms with van der Waals surface area (Å²) >= 11 is 0. The molecule has 3 aliphatic heterocycles. The molecule has 2 saturated heterocycles. The average molecular weight is 570 g/mol. The highest BCUT2D eigenvalue weighted by molar-refractivity contribution is 5.97. The fourth-order valence-electron chi connectivity index (χ4n) is 6.32. The predicted molar refractivity (Wildman–Crippen MR) is 153 cm³/mol. The zero-order valence-corrected chi connectivity index (χ0v) is 24.3. The van der Waals surface area contributed by atoms with Crippen LogP contribution in [0.3, 0.4) is 0 Å². The second-order valence-corrected chi connectivity index (χ2v) is 12.3. The standard InChI is InChI=1S/C30H40FN5O5/c1-20-12-33(24(15-35(20)29(39)40)14-32-9-10-41-18-21(32)2)17-28(38)36-19-30(3,4)25-11-27(37)34(16-26(25)36)13-22-5-7-23(31)8-6-22/h5-8,11,16,20-21,24H,9-10,12-15,17-19H2,1-4H3,(H,39,40)/t20-,21-,24+/m1/s1. The Hall–Kier alpha value is -3.28. The number of rotatable bonds is 6. The third-order valence-electron chi connectivity index (χ3n) is 8.73. The second-order valence-electron chi connectivity index (χ2n) is 12.3. The molecule has 5 rings (SSSR count). The number of anilines is 1. The number of ether oxygens (including phenoxy) is 1. The van der Waals surface area contributed by atoms with Gasteiger partial charge in [0.2, 0.25) is 5.91 Å². The Balaban J connectivity index is 1.39. The lowest BCUT2D eigenvalue weighted by Gasteiger charge is -2.47. The summed E-state index contributed by atoms with van der Waals surface area (Å²) in [6.07, 6.45) is 0.795. The van der Waals surface area contributed by atoms with Gasteiger partial charge in [-0.2, -0.15) is 0 Å². The molecule has 0 saturated carbocycles. The maximum atomic E-state index is 14.0. The van der Waals surface area contributed by atoms with Crippen LogP contribution in [0.1, 0.15) is 38.8 Å². The molecule has 0 spiro atoms. The molecule has 0 aliphatic carbocycles. The van der Waals surface area contributed by atoms with Crippen LogP contribution < -0.4 is 10.5 Å². The second kappa shape index (κ2) is 11.5. The summed E-state index contributed by atoms with van der Waals surface area (Å²) in [5.41, 5.74) is 1.74. The van der Waals surface area contributed by atoms with E-state index >= 15 is 0 Å². The molecule has 0 bridgehead atoms. The highest BCUT2D eigenvalue weighted by Gasteiger charge is 2.42. The van der Waals surface area contributed by atoms with E-state index in [9.17, 15) is 23.9 Å². The number of carboxylic acid groups (broad SMARTS) is 1. The molecule has 1 aromatic heterocycles. The summed E-state index contributed by atoms with van der Waals surface area (Å²) in [6, 6.07) is 7.46. The third-order valence-corrected chi connectivity index (χ3v) is 8.73. The molecular weight excluding hydrogens is 529 g/mol. The van der Waals surface area contributed by atoms with Crippen molar-refractivity contribution < 1.29 is 23.8 Å². The van der Waals surface area contributed by atoms with Crippen LogP contribution in [0.25, 0.3) is 0 Å². The molecule has 10 nitrogen and oxygen atoms in total. The first-order chi connectivity index (χ1) is 19.4. The van der Waals surface area contributed by atoms with Gasteiger partial charge in [-0.25, -0.2) is 9.18 Å². The number of morpholine rings is 1. The van der Waals surface area contributed by atoms with Crippen LogP contribution in [0.2, 0.25) is 0 Å². The molecule has 4 heterocycles. The molecule has 222 valence electrons. The minimum Gasteiger partial charge on any atom is -0.465 e. The Morgan fingerprint density at radius 1 is 1.10 bits per heavy atom. The van der Waals surface area contributed by atoms with Crippen molar-refractivity contribution in [3.63, 3.8) is 0 Å². The summed E-state index contributed by atoms with van der Waals surface area (Å²) < 4.78 is 20.6. The lowest BCUT2D eigenvalue weighted by molar-refractivity contribution is -0.121. The first-order valence-corrected chi connectivity index (χ1v) is 14.3. The van der Waals surface area contributed by atoms with Crippen molar-refractivity contribution in [2.24, 2.45) is 0 Å². The predicted octanol–water partition coefficient (Wildman–Crippen LogP) is 2.43. The van der Waals surface area contributed by atoms with E-state index in [0.29, 0.717) is 45.1 Å². The van der Waals surface area contributed by atoms with Crippen LogP contribution in [0, 0.1) is 5.82 Å². The number of hydrogen-bond donors (Lipinski definition) is 1. The molecule has 3 aliphatic rings. The number of carbonyl (C=O) groups is 2. The molecule has 2 fully saturated rings. The van der Waals surface area contributed by atoms with Crippen LogP contribution in [0.5, 0.6) is 0 Å². The lowest BCUT2D eigenvalue weighted by Crippen LogP contribution is -2.64. The van der Waals surface area contributed by atoms with Gasteiger partial charge in [-0.3, -0.25) is 19.4 Å². The molecule has 41 heavy (non-hydrogen) atoms. The van der Waals surface area contributed by atoms with Crippen LogP contribution >= 0.6 is 0 Å². The molecule has 2 amide bonds.